The number of alkyl halides is 3. The minimum absolute atomic E-state index is 0.114. The van der Waals surface area contributed by atoms with Gasteiger partial charge in [-0.05, 0) is 18.2 Å². The highest BCUT2D eigenvalue weighted by atomic mass is 19.4. The number of carbonyl (C=O) groups excluding carboxylic acids is 1. The van der Waals surface area contributed by atoms with Gasteiger partial charge in [0.2, 0.25) is 0 Å². The fourth-order valence-electron chi connectivity index (χ4n) is 1.31. The average molecular weight is 291 g/mol. The molecule has 110 valence electrons. The normalized spacial score (nSPS) is 11.0. The van der Waals surface area contributed by atoms with E-state index in [9.17, 15) is 22.8 Å². The van der Waals surface area contributed by atoms with Gasteiger partial charge in [-0.3, -0.25) is 9.59 Å². The first kappa shape index (κ1) is 15.8. The highest BCUT2D eigenvalue weighted by Gasteiger charge is 2.30. The van der Waals surface area contributed by atoms with Crippen LogP contribution in [0.25, 0.3) is 0 Å². The van der Waals surface area contributed by atoms with Gasteiger partial charge in [-0.2, -0.15) is 13.2 Å². The summed E-state index contributed by atoms with van der Waals surface area (Å²) >= 11 is 0. The van der Waals surface area contributed by atoms with Gasteiger partial charge in [0.05, 0.1) is 5.56 Å². The van der Waals surface area contributed by atoms with E-state index in [4.69, 9.17) is 9.84 Å². The van der Waals surface area contributed by atoms with Crippen LogP contribution in [0.3, 0.4) is 0 Å². The Morgan fingerprint density at radius 3 is 2.55 bits per heavy atom. The molecule has 1 amide bonds. The number of carbonyl (C=O) groups is 2. The third kappa shape index (κ3) is 4.79. The van der Waals surface area contributed by atoms with Gasteiger partial charge in [0.15, 0.2) is 6.61 Å². The smallest absolute Gasteiger partial charge is 0.416 e. The first-order valence-electron chi connectivity index (χ1n) is 5.46. The predicted octanol–water partition coefficient (Wildman–Crippen LogP) is 1.63. The van der Waals surface area contributed by atoms with Crippen molar-refractivity contribution >= 4 is 11.9 Å². The first-order valence-corrected chi connectivity index (χ1v) is 5.46. The second kappa shape index (κ2) is 6.27. The van der Waals surface area contributed by atoms with Crippen LogP contribution in [0, 0.1) is 0 Å². The molecule has 1 rings (SSSR count). The fourth-order valence-corrected chi connectivity index (χ4v) is 1.31. The number of carboxylic acids is 1. The van der Waals surface area contributed by atoms with Gasteiger partial charge < -0.3 is 14.7 Å². The molecule has 0 radical (unpaired) electrons. The number of rotatable bonds is 5. The van der Waals surface area contributed by atoms with Crippen molar-refractivity contribution in [2.24, 2.45) is 0 Å². The van der Waals surface area contributed by atoms with Crippen molar-refractivity contribution in [3.05, 3.63) is 29.8 Å². The molecule has 0 bridgehead atoms. The summed E-state index contributed by atoms with van der Waals surface area (Å²) in [6.45, 7) is -1.05. The molecule has 0 fully saturated rings. The van der Waals surface area contributed by atoms with Crippen LogP contribution in [0.5, 0.6) is 5.75 Å². The Balaban J connectivity index is 2.62. The number of aliphatic carboxylic acids is 1. The van der Waals surface area contributed by atoms with Gasteiger partial charge in [-0.15, -0.1) is 0 Å². The molecule has 5 nitrogen and oxygen atoms in total. The van der Waals surface area contributed by atoms with Crippen molar-refractivity contribution in [2.45, 2.75) is 6.18 Å². The molecule has 1 aromatic rings. The number of benzene rings is 1. The zero-order valence-corrected chi connectivity index (χ0v) is 10.5. The monoisotopic (exact) mass is 291 g/mol. The molecule has 0 unspecified atom stereocenters. The lowest BCUT2D eigenvalue weighted by Gasteiger charge is -2.15. The highest BCUT2D eigenvalue weighted by Crippen LogP contribution is 2.31. The summed E-state index contributed by atoms with van der Waals surface area (Å²) in [7, 11) is 1.26. The van der Waals surface area contributed by atoms with Crippen LogP contribution in [0.1, 0.15) is 5.56 Å². The van der Waals surface area contributed by atoms with Crippen LogP contribution >= 0.6 is 0 Å². The summed E-state index contributed by atoms with van der Waals surface area (Å²) in [4.78, 5) is 22.7. The van der Waals surface area contributed by atoms with Gasteiger partial charge in [0.1, 0.15) is 12.3 Å². The highest BCUT2D eigenvalue weighted by molar-refractivity contribution is 5.82. The molecule has 0 saturated heterocycles. The lowest BCUT2D eigenvalue weighted by molar-refractivity contribution is -0.144. The minimum atomic E-state index is -4.50. The van der Waals surface area contributed by atoms with E-state index in [1.165, 1.54) is 13.1 Å². The van der Waals surface area contributed by atoms with Crippen molar-refractivity contribution < 1.29 is 32.6 Å². The molecule has 0 saturated carbocycles. The van der Waals surface area contributed by atoms with E-state index >= 15 is 0 Å². The second-order valence-corrected chi connectivity index (χ2v) is 3.96. The maximum Gasteiger partial charge on any atom is 0.416 e. The zero-order chi connectivity index (χ0) is 15.3. The van der Waals surface area contributed by atoms with E-state index in [2.05, 4.69) is 0 Å². The van der Waals surface area contributed by atoms with Crippen molar-refractivity contribution in [1.82, 2.24) is 4.90 Å². The topological polar surface area (TPSA) is 66.8 Å². The zero-order valence-electron chi connectivity index (χ0n) is 10.5. The summed E-state index contributed by atoms with van der Waals surface area (Å²) in [5.41, 5.74) is -0.888. The Hall–Kier alpha value is -2.25. The lowest BCUT2D eigenvalue weighted by atomic mass is 10.2. The number of hydrogen-bond donors (Lipinski definition) is 1. The van der Waals surface area contributed by atoms with Gasteiger partial charge in [-0.25, -0.2) is 0 Å². The number of carboxylic acid groups (broad SMARTS) is 1. The Morgan fingerprint density at radius 1 is 1.35 bits per heavy atom. The van der Waals surface area contributed by atoms with Gasteiger partial charge in [-0.1, -0.05) is 6.07 Å². The molecule has 0 aromatic heterocycles. The second-order valence-electron chi connectivity index (χ2n) is 3.96. The predicted molar refractivity (Wildman–Crippen MR) is 62.2 cm³/mol. The van der Waals surface area contributed by atoms with Gasteiger partial charge >= 0.3 is 12.1 Å². The average Bonchev–Trinajstić information content (AvgIpc) is 2.34. The van der Waals surface area contributed by atoms with E-state index < -0.39 is 36.8 Å². The molecule has 1 N–H and O–H groups in total. The number of nitrogens with zero attached hydrogens (tertiary/aromatic N) is 1. The number of amides is 1. The van der Waals surface area contributed by atoms with Crippen molar-refractivity contribution in [1.29, 1.82) is 0 Å². The molecular formula is C12H12F3NO4. The van der Waals surface area contributed by atoms with E-state index in [1.54, 1.807) is 0 Å². The molecule has 0 aliphatic heterocycles. The van der Waals surface area contributed by atoms with E-state index in [1.807, 2.05) is 0 Å². The van der Waals surface area contributed by atoms with Crippen LogP contribution in [0.2, 0.25) is 0 Å². The lowest BCUT2D eigenvalue weighted by Crippen LogP contribution is -2.35. The number of hydrogen-bond acceptors (Lipinski definition) is 3. The molecule has 0 heterocycles. The van der Waals surface area contributed by atoms with Crippen molar-refractivity contribution in [2.75, 3.05) is 20.2 Å². The summed E-state index contributed by atoms with van der Waals surface area (Å²) in [6.07, 6.45) is -4.50. The summed E-state index contributed by atoms with van der Waals surface area (Å²) in [6, 6.07) is 4.08. The quantitative estimate of drug-likeness (QED) is 0.895. The minimum Gasteiger partial charge on any atom is -0.484 e. The Bertz CT molecular complexity index is 502. The SMILES string of the molecule is CN(CC(=O)O)C(=O)COc1cccc(C(F)(F)F)c1. The van der Waals surface area contributed by atoms with E-state index in [-0.39, 0.29) is 5.75 Å². The van der Waals surface area contributed by atoms with Crippen LogP contribution < -0.4 is 4.74 Å². The third-order valence-corrected chi connectivity index (χ3v) is 2.32. The van der Waals surface area contributed by atoms with Crippen LogP contribution in [-0.2, 0) is 15.8 Å². The van der Waals surface area contributed by atoms with Crippen LogP contribution in [0.15, 0.2) is 24.3 Å². The van der Waals surface area contributed by atoms with E-state index in [0.717, 1.165) is 23.1 Å². The Kier molecular flexibility index (Phi) is 4.95. The van der Waals surface area contributed by atoms with Crippen LogP contribution in [0.4, 0.5) is 13.2 Å². The summed E-state index contributed by atoms with van der Waals surface area (Å²) < 4.78 is 42.2. The van der Waals surface area contributed by atoms with Gasteiger partial charge in [0.25, 0.3) is 5.91 Å². The fraction of sp³-hybridized carbons (Fsp3) is 0.333. The first-order chi connectivity index (χ1) is 9.20. The summed E-state index contributed by atoms with van der Waals surface area (Å²) in [5.74, 6) is -1.96. The molecule has 0 aliphatic carbocycles. The molecular weight excluding hydrogens is 279 g/mol. The molecule has 1 aromatic carbocycles. The number of ether oxygens (including phenoxy) is 1. The molecule has 0 aliphatic rings. The molecule has 8 heteroatoms. The molecule has 20 heavy (non-hydrogen) atoms. The molecule has 0 atom stereocenters. The largest absolute Gasteiger partial charge is 0.484 e. The number of halogens is 3. The van der Waals surface area contributed by atoms with Crippen LogP contribution in [-0.4, -0.2) is 42.1 Å². The third-order valence-electron chi connectivity index (χ3n) is 2.32. The standard InChI is InChI=1S/C12H12F3NO4/c1-16(6-11(18)19)10(17)7-20-9-4-2-3-8(5-9)12(13,14)15/h2-5H,6-7H2,1H3,(H,18,19). The maximum absolute atomic E-state index is 12.4. The molecule has 0 spiro atoms. The Labute approximate surface area is 112 Å². The van der Waals surface area contributed by atoms with E-state index in [0.29, 0.717) is 0 Å². The van der Waals surface area contributed by atoms with Gasteiger partial charge in [0, 0.05) is 7.05 Å². The number of likely N-dealkylation sites (N-methyl/N-ethyl adjacent to an activating group) is 1. The van der Waals surface area contributed by atoms with Crippen molar-refractivity contribution in [3.63, 3.8) is 0 Å². The summed E-state index contributed by atoms with van der Waals surface area (Å²) in [5, 5.41) is 8.48. The van der Waals surface area contributed by atoms with Crippen molar-refractivity contribution in [3.8, 4) is 5.75 Å². The Morgan fingerprint density at radius 2 is 2.00 bits per heavy atom. The maximum atomic E-state index is 12.4.